The third kappa shape index (κ3) is 3.49. The molecule has 0 aliphatic carbocycles. The summed E-state index contributed by atoms with van der Waals surface area (Å²) in [6.45, 7) is 2.80. The molecule has 4 nitrogen and oxygen atoms in total. The lowest BCUT2D eigenvalue weighted by molar-refractivity contribution is 0.248. The summed E-state index contributed by atoms with van der Waals surface area (Å²) in [4.78, 5) is 3.43. The van der Waals surface area contributed by atoms with Gasteiger partial charge in [0.2, 0.25) is 5.89 Å². The monoisotopic (exact) mass is 343 g/mol. The number of nitrogens with zero attached hydrogens (tertiary/aromatic N) is 3. The molecule has 23 heavy (non-hydrogen) atoms. The van der Waals surface area contributed by atoms with Crippen LogP contribution >= 0.6 is 23.1 Å². The standard InChI is InChI=1S/C17H17N3OS2/c1-2-5-13(6-3-1)15-11-20(8-10-23-15)12-16-18-19-17(21-16)14-7-4-9-22-14/h1-7,9,15H,8,10-12H2/t15-/m1/s1. The van der Waals surface area contributed by atoms with E-state index in [1.165, 1.54) is 5.56 Å². The maximum Gasteiger partial charge on any atom is 0.257 e. The van der Waals surface area contributed by atoms with Crippen molar-refractivity contribution in [2.45, 2.75) is 11.8 Å². The molecule has 1 atom stereocenters. The van der Waals surface area contributed by atoms with Gasteiger partial charge in [-0.3, -0.25) is 4.90 Å². The van der Waals surface area contributed by atoms with Gasteiger partial charge in [0.15, 0.2) is 0 Å². The van der Waals surface area contributed by atoms with Crippen LogP contribution in [0.2, 0.25) is 0 Å². The number of benzene rings is 1. The van der Waals surface area contributed by atoms with Gasteiger partial charge in [0.1, 0.15) is 0 Å². The summed E-state index contributed by atoms with van der Waals surface area (Å²) in [5.74, 6) is 2.46. The molecule has 1 fully saturated rings. The highest BCUT2D eigenvalue weighted by Gasteiger charge is 2.23. The van der Waals surface area contributed by atoms with Crippen molar-refractivity contribution in [3.63, 3.8) is 0 Å². The lowest BCUT2D eigenvalue weighted by Crippen LogP contribution is -2.33. The molecule has 1 aliphatic heterocycles. The molecule has 6 heteroatoms. The van der Waals surface area contributed by atoms with E-state index in [2.05, 4.69) is 45.4 Å². The Labute approximate surface area is 143 Å². The molecule has 0 N–H and O–H groups in total. The fraction of sp³-hybridized carbons (Fsp3) is 0.294. The summed E-state index contributed by atoms with van der Waals surface area (Å²) >= 11 is 3.65. The SMILES string of the molecule is c1ccc([C@H]2CN(Cc3nnc(-c4cccs4)o3)CCS2)cc1. The number of hydrogen-bond acceptors (Lipinski definition) is 6. The summed E-state index contributed by atoms with van der Waals surface area (Å²) in [6, 6.07) is 14.7. The summed E-state index contributed by atoms with van der Waals surface area (Å²) in [5.41, 5.74) is 1.40. The molecule has 2 aromatic heterocycles. The van der Waals surface area contributed by atoms with Crippen molar-refractivity contribution < 1.29 is 4.42 Å². The van der Waals surface area contributed by atoms with Crippen LogP contribution in [-0.2, 0) is 6.54 Å². The Morgan fingerprint density at radius 2 is 2.04 bits per heavy atom. The van der Waals surface area contributed by atoms with E-state index in [0.29, 0.717) is 17.0 Å². The molecule has 0 radical (unpaired) electrons. The van der Waals surface area contributed by atoms with E-state index in [-0.39, 0.29) is 0 Å². The van der Waals surface area contributed by atoms with E-state index in [1.807, 2.05) is 29.3 Å². The second-order valence-corrected chi connectivity index (χ2v) is 7.74. The Morgan fingerprint density at radius 1 is 1.13 bits per heavy atom. The summed E-state index contributed by atoms with van der Waals surface area (Å²) < 4.78 is 5.81. The van der Waals surface area contributed by atoms with Crippen LogP contribution in [0.25, 0.3) is 10.8 Å². The molecule has 1 aliphatic rings. The van der Waals surface area contributed by atoms with Crippen LogP contribution in [0.4, 0.5) is 0 Å². The number of hydrogen-bond donors (Lipinski definition) is 0. The number of thiophene rings is 1. The van der Waals surface area contributed by atoms with E-state index < -0.39 is 0 Å². The maximum atomic E-state index is 5.81. The molecule has 0 saturated carbocycles. The Hall–Kier alpha value is -1.63. The molecule has 4 rings (SSSR count). The van der Waals surface area contributed by atoms with E-state index >= 15 is 0 Å². The molecule has 1 aromatic carbocycles. The predicted octanol–water partition coefficient (Wildman–Crippen LogP) is 4.09. The molecule has 0 spiro atoms. The minimum atomic E-state index is 0.518. The zero-order valence-electron chi connectivity index (χ0n) is 12.6. The van der Waals surface area contributed by atoms with Gasteiger partial charge in [-0.25, -0.2) is 0 Å². The van der Waals surface area contributed by atoms with Crippen molar-refractivity contribution in [1.82, 2.24) is 15.1 Å². The fourth-order valence-electron chi connectivity index (χ4n) is 2.72. The summed E-state index contributed by atoms with van der Waals surface area (Å²) in [5, 5.41) is 10.9. The molecule has 0 bridgehead atoms. The van der Waals surface area contributed by atoms with Crippen molar-refractivity contribution in [2.24, 2.45) is 0 Å². The number of thioether (sulfide) groups is 1. The molecule has 3 heterocycles. The molecule has 1 saturated heterocycles. The first-order valence-electron chi connectivity index (χ1n) is 7.63. The van der Waals surface area contributed by atoms with Gasteiger partial charge >= 0.3 is 0 Å². The molecule has 0 unspecified atom stereocenters. The highest BCUT2D eigenvalue weighted by Crippen LogP contribution is 2.33. The molecule has 118 valence electrons. The average molecular weight is 343 g/mol. The lowest BCUT2D eigenvalue weighted by Gasteiger charge is -2.31. The van der Waals surface area contributed by atoms with Gasteiger partial charge in [-0.15, -0.1) is 21.5 Å². The van der Waals surface area contributed by atoms with Crippen molar-refractivity contribution >= 4 is 23.1 Å². The Morgan fingerprint density at radius 3 is 2.87 bits per heavy atom. The first-order valence-corrected chi connectivity index (χ1v) is 9.56. The maximum absolute atomic E-state index is 5.81. The zero-order valence-corrected chi connectivity index (χ0v) is 14.2. The quantitative estimate of drug-likeness (QED) is 0.714. The number of aromatic nitrogens is 2. The van der Waals surface area contributed by atoms with Gasteiger partial charge in [-0.1, -0.05) is 36.4 Å². The molecular weight excluding hydrogens is 326 g/mol. The minimum Gasteiger partial charge on any atom is -0.419 e. The highest BCUT2D eigenvalue weighted by atomic mass is 32.2. The Balaban J connectivity index is 1.43. The van der Waals surface area contributed by atoms with E-state index in [1.54, 1.807) is 11.3 Å². The van der Waals surface area contributed by atoms with Crippen LogP contribution < -0.4 is 0 Å². The van der Waals surface area contributed by atoms with Gasteiger partial charge in [0.05, 0.1) is 11.4 Å². The second kappa shape index (κ2) is 6.86. The van der Waals surface area contributed by atoms with Crippen molar-refractivity contribution in [2.75, 3.05) is 18.8 Å². The second-order valence-electron chi connectivity index (χ2n) is 5.48. The van der Waals surface area contributed by atoms with E-state index in [9.17, 15) is 0 Å². The highest BCUT2D eigenvalue weighted by molar-refractivity contribution is 7.99. The Bertz CT molecular complexity index is 742. The minimum absolute atomic E-state index is 0.518. The van der Waals surface area contributed by atoms with Gasteiger partial charge in [0, 0.05) is 24.1 Å². The van der Waals surface area contributed by atoms with Crippen molar-refractivity contribution in [3.8, 4) is 10.8 Å². The van der Waals surface area contributed by atoms with Crippen molar-refractivity contribution in [1.29, 1.82) is 0 Å². The van der Waals surface area contributed by atoms with Crippen LogP contribution in [0.3, 0.4) is 0 Å². The first kappa shape index (κ1) is 14.9. The summed E-state index contributed by atoms with van der Waals surface area (Å²) in [7, 11) is 0. The van der Waals surface area contributed by atoms with Crippen LogP contribution in [-0.4, -0.2) is 33.9 Å². The summed E-state index contributed by atoms with van der Waals surface area (Å²) in [6.07, 6.45) is 0. The molecule has 3 aromatic rings. The van der Waals surface area contributed by atoms with Gasteiger partial charge in [-0.05, 0) is 17.0 Å². The average Bonchev–Trinajstić information content (AvgIpc) is 3.27. The van der Waals surface area contributed by atoms with Crippen LogP contribution in [0.15, 0.2) is 52.3 Å². The van der Waals surface area contributed by atoms with Crippen LogP contribution in [0.1, 0.15) is 16.7 Å². The van der Waals surface area contributed by atoms with Gasteiger partial charge < -0.3 is 4.42 Å². The zero-order chi connectivity index (χ0) is 15.5. The first-order chi connectivity index (χ1) is 11.4. The Kier molecular flexibility index (Phi) is 4.46. The van der Waals surface area contributed by atoms with E-state index in [4.69, 9.17) is 4.42 Å². The number of rotatable bonds is 4. The van der Waals surface area contributed by atoms with E-state index in [0.717, 1.165) is 30.3 Å². The molecular formula is C17H17N3OS2. The smallest absolute Gasteiger partial charge is 0.257 e. The topological polar surface area (TPSA) is 42.2 Å². The lowest BCUT2D eigenvalue weighted by atomic mass is 10.1. The normalized spacial score (nSPS) is 19.0. The van der Waals surface area contributed by atoms with Crippen LogP contribution in [0.5, 0.6) is 0 Å². The third-order valence-corrected chi connectivity index (χ3v) is 5.98. The predicted molar refractivity (Wildman–Crippen MR) is 94.5 cm³/mol. The van der Waals surface area contributed by atoms with Crippen LogP contribution in [0, 0.1) is 0 Å². The van der Waals surface area contributed by atoms with Crippen molar-refractivity contribution in [3.05, 3.63) is 59.3 Å². The largest absolute Gasteiger partial charge is 0.419 e. The van der Waals surface area contributed by atoms with Gasteiger partial charge in [0.25, 0.3) is 5.89 Å². The third-order valence-electron chi connectivity index (χ3n) is 3.88. The molecule has 0 amide bonds. The van der Waals surface area contributed by atoms with Gasteiger partial charge in [-0.2, -0.15) is 11.8 Å². The fourth-order valence-corrected chi connectivity index (χ4v) is 4.68.